The smallest absolute Gasteiger partial charge is 0.449 e. The highest BCUT2D eigenvalue weighted by molar-refractivity contribution is 6.12. The first-order chi connectivity index (χ1) is 11.8. The lowest BCUT2D eigenvalue weighted by molar-refractivity contribution is -0.144. The minimum atomic E-state index is -4.62. The number of halogens is 3. The van der Waals surface area contributed by atoms with E-state index in [9.17, 15) is 18.0 Å². The number of benzene rings is 2. The van der Waals surface area contributed by atoms with Crippen LogP contribution in [0.3, 0.4) is 0 Å². The van der Waals surface area contributed by atoms with Crippen LogP contribution in [0.1, 0.15) is 21.7 Å². The number of nitrogens with one attached hydrogen (secondary N) is 2. The van der Waals surface area contributed by atoms with Gasteiger partial charge in [-0.15, -0.1) is 0 Å². The number of rotatable bonds is 3. The van der Waals surface area contributed by atoms with Crippen molar-refractivity contribution in [1.82, 2.24) is 9.97 Å². The van der Waals surface area contributed by atoms with Gasteiger partial charge in [0.1, 0.15) is 11.3 Å². The van der Waals surface area contributed by atoms with E-state index < -0.39 is 17.9 Å². The quantitative estimate of drug-likeness (QED) is 0.746. The average Bonchev–Trinajstić information content (AvgIpc) is 3.01. The van der Waals surface area contributed by atoms with Gasteiger partial charge in [-0.25, -0.2) is 4.98 Å². The summed E-state index contributed by atoms with van der Waals surface area (Å²) in [5, 5.41) is 2.69. The third-order valence-corrected chi connectivity index (χ3v) is 3.72. The number of para-hydroxylation sites is 2. The number of aromatic nitrogens is 2. The second kappa shape index (κ2) is 6.12. The number of methoxy groups -OCH3 is 1. The van der Waals surface area contributed by atoms with Gasteiger partial charge in [0.05, 0.1) is 23.9 Å². The van der Waals surface area contributed by atoms with Crippen LogP contribution >= 0.6 is 0 Å². The summed E-state index contributed by atoms with van der Waals surface area (Å²) < 4.78 is 43.8. The molecule has 0 radical (unpaired) electrons. The molecule has 0 bridgehead atoms. The minimum Gasteiger partial charge on any atom is -0.495 e. The first kappa shape index (κ1) is 16.8. The van der Waals surface area contributed by atoms with Crippen LogP contribution in [-0.2, 0) is 6.18 Å². The largest absolute Gasteiger partial charge is 0.495 e. The molecule has 0 aliphatic carbocycles. The fraction of sp³-hybridized carbons (Fsp3) is 0.176. The van der Waals surface area contributed by atoms with Crippen molar-refractivity contribution in [3.63, 3.8) is 0 Å². The van der Waals surface area contributed by atoms with E-state index in [1.807, 2.05) is 0 Å². The second-order valence-electron chi connectivity index (χ2n) is 5.39. The molecule has 8 heteroatoms. The molecule has 0 fully saturated rings. The molecular formula is C17H14F3N3O2. The summed E-state index contributed by atoms with van der Waals surface area (Å²) in [5.74, 6) is -1.26. The minimum absolute atomic E-state index is 0.0366. The summed E-state index contributed by atoms with van der Waals surface area (Å²) >= 11 is 0. The number of carbonyl (C=O) groups excluding carboxylic acids is 1. The molecule has 1 amide bonds. The zero-order valence-electron chi connectivity index (χ0n) is 13.4. The normalized spacial score (nSPS) is 11.6. The van der Waals surface area contributed by atoms with E-state index in [-0.39, 0.29) is 16.6 Å². The molecule has 3 rings (SSSR count). The van der Waals surface area contributed by atoms with E-state index in [0.717, 1.165) is 5.56 Å². The highest BCUT2D eigenvalue weighted by atomic mass is 19.4. The Bertz CT molecular complexity index is 948. The Kier molecular flexibility index (Phi) is 4.12. The lowest BCUT2D eigenvalue weighted by Crippen LogP contribution is -2.14. The molecule has 2 aromatic carbocycles. The van der Waals surface area contributed by atoms with Crippen molar-refractivity contribution < 1.29 is 22.7 Å². The SMILES string of the molecule is COc1cccc(C)c1NC(=O)c1cccc2[nH]c(C(F)(F)F)nc12. The fourth-order valence-electron chi connectivity index (χ4n) is 2.50. The first-order valence-corrected chi connectivity index (χ1v) is 7.32. The maximum absolute atomic E-state index is 12.8. The Morgan fingerprint density at radius 3 is 2.60 bits per heavy atom. The molecule has 0 spiro atoms. The Labute approximate surface area is 140 Å². The van der Waals surface area contributed by atoms with Gasteiger partial charge in [-0.1, -0.05) is 18.2 Å². The number of ether oxygens (including phenoxy) is 1. The lowest BCUT2D eigenvalue weighted by Gasteiger charge is -2.13. The van der Waals surface area contributed by atoms with Crippen molar-refractivity contribution in [3.8, 4) is 5.75 Å². The van der Waals surface area contributed by atoms with Crippen LogP contribution < -0.4 is 10.1 Å². The van der Waals surface area contributed by atoms with Gasteiger partial charge in [-0.05, 0) is 30.7 Å². The maximum atomic E-state index is 12.8. The second-order valence-corrected chi connectivity index (χ2v) is 5.39. The molecule has 0 saturated carbocycles. The number of alkyl halides is 3. The highest BCUT2D eigenvalue weighted by Gasteiger charge is 2.35. The van der Waals surface area contributed by atoms with Crippen molar-refractivity contribution in [1.29, 1.82) is 0 Å². The van der Waals surface area contributed by atoms with Crippen molar-refractivity contribution in [3.05, 3.63) is 53.3 Å². The summed E-state index contributed by atoms with van der Waals surface area (Å²) in [7, 11) is 1.47. The molecular weight excluding hydrogens is 335 g/mol. The molecule has 5 nitrogen and oxygen atoms in total. The maximum Gasteiger partial charge on any atom is 0.449 e. The zero-order valence-corrected chi connectivity index (χ0v) is 13.4. The number of amides is 1. The average molecular weight is 349 g/mol. The highest BCUT2D eigenvalue weighted by Crippen LogP contribution is 2.31. The van der Waals surface area contributed by atoms with Gasteiger partial charge in [0.25, 0.3) is 5.91 Å². The summed E-state index contributed by atoms with van der Waals surface area (Å²) in [4.78, 5) is 18.3. The van der Waals surface area contributed by atoms with Gasteiger partial charge >= 0.3 is 6.18 Å². The molecule has 2 N–H and O–H groups in total. The summed E-state index contributed by atoms with van der Waals surface area (Å²) in [6, 6.07) is 9.58. The van der Waals surface area contributed by atoms with Crippen LogP contribution in [0.15, 0.2) is 36.4 Å². The van der Waals surface area contributed by atoms with Gasteiger partial charge in [0.2, 0.25) is 5.82 Å². The predicted molar refractivity (Wildman–Crippen MR) is 86.8 cm³/mol. The number of H-pyrrole nitrogens is 1. The van der Waals surface area contributed by atoms with Crippen LogP contribution in [0.4, 0.5) is 18.9 Å². The van der Waals surface area contributed by atoms with Crippen molar-refractivity contribution >= 4 is 22.6 Å². The van der Waals surface area contributed by atoms with E-state index in [1.165, 1.54) is 25.3 Å². The van der Waals surface area contributed by atoms with Gasteiger partial charge in [0.15, 0.2) is 0 Å². The van der Waals surface area contributed by atoms with Crippen LogP contribution in [0, 0.1) is 6.92 Å². The lowest BCUT2D eigenvalue weighted by atomic mass is 10.1. The third-order valence-electron chi connectivity index (χ3n) is 3.72. The van der Waals surface area contributed by atoms with Gasteiger partial charge in [0, 0.05) is 0 Å². The summed E-state index contributed by atoms with van der Waals surface area (Å²) in [5.41, 5.74) is 1.35. The van der Waals surface area contributed by atoms with Crippen LogP contribution in [0.25, 0.3) is 11.0 Å². The molecule has 25 heavy (non-hydrogen) atoms. The van der Waals surface area contributed by atoms with Gasteiger partial charge < -0.3 is 15.0 Å². The van der Waals surface area contributed by atoms with E-state index in [1.54, 1.807) is 25.1 Å². The molecule has 3 aromatic rings. The number of nitrogens with zero attached hydrogens (tertiary/aromatic N) is 1. The van der Waals surface area contributed by atoms with Gasteiger partial charge in [-0.2, -0.15) is 13.2 Å². The Hall–Kier alpha value is -3.03. The topological polar surface area (TPSA) is 67.0 Å². The first-order valence-electron chi connectivity index (χ1n) is 7.32. The number of imidazole rings is 1. The predicted octanol–water partition coefficient (Wildman–Crippen LogP) is 4.15. The Morgan fingerprint density at radius 1 is 1.20 bits per heavy atom. The van der Waals surface area contributed by atoms with Crippen molar-refractivity contribution in [2.24, 2.45) is 0 Å². The number of fused-ring (bicyclic) bond motifs is 1. The molecule has 130 valence electrons. The van der Waals surface area contributed by atoms with Crippen molar-refractivity contribution in [2.75, 3.05) is 12.4 Å². The van der Waals surface area contributed by atoms with E-state index in [4.69, 9.17) is 4.74 Å². The van der Waals surface area contributed by atoms with Crippen molar-refractivity contribution in [2.45, 2.75) is 13.1 Å². The molecule has 0 unspecified atom stereocenters. The summed E-state index contributed by atoms with van der Waals surface area (Å²) in [6.45, 7) is 1.79. The number of aromatic amines is 1. The van der Waals surface area contributed by atoms with E-state index in [0.29, 0.717) is 11.4 Å². The number of hydrogen-bond acceptors (Lipinski definition) is 3. The Morgan fingerprint density at radius 2 is 1.92 bits per heavy atom. The molecule has 1 heterocycles. The van der Waals surface area contributed by atoms with E-state index >= 15 is 0 Å². The Balaban J connectivity index is 2.02. The number of hydrogen-bond donors (Lipinski definition) is 2. The fourth-order valence-corrected chi connectivity index (χ4v) is 2.50. The molecule has 0 saturated heterocycles. The standard InChI is InChI=1S/C17H14F3N3O2/c1-9-5-3-8-12(25-2)13(9)22-15(24)10-6-4-7-11-14(10)23-16(21-11)17(18,19)20/h3-8H,1-2H3,(H,21,23)(H,22,24). The van der Waals surface area contributed by atoms with Crippen LogP contribution in [0.2, 0.25) is 0 Å². The number of anilines is 1. The third kappa shape index (κ3) is 3.15. The molecule has 0 atom stereocenters. The number of aryl methyl sites for hydroxylation is 1. The van der Waals surface area contributed by atoms with Gasteiger partial charge in [-0.3, -0.25) is 4.79 Å². The zero-order chi connectivity index (χ0) is 18.2. The monoisotopic (exact) mass is 349 g/mol. The molecule has 0 aliphatic heterocycles. The van der Waals surface area contributed by atoms with E-state index in [2.05, 4.69) is 15.3 Å². The molecule has 1 aromatic heterocycles. The van der Waals surface area contributed by atoms with Crippen LogP contribution in [-0.4, -0.2) is 23.0 Å². The summed E-state index contributed by atoms with van der Waals surface area (Å²) in [6.07, 6.45) is -4.62. The van der Waals surface area contributed by atoms with Crippen LogP contribution in [0.5, 0.6) is 5.75 Å². The number of carbonyl (C=O) groups is 1. The molecule has 0 aliphatic rings.